The Morgan fingerprint density at radius 3 is 2.62 bits per heavy atom. The van der Waals surface area contributed by atoms with Gasteiger partial charge in [-0.3, -0.25) is 4.68 Å². The molecule has 0 amide bonds. The lowest BCUT2D eigenvalue weighted by molar-refractivity contribution is 0.651. The van der Waals surface area contributed by atoms with Crippen LogP contribution in [0.2, 0.25) is 5.02 Å². The van der Waals surface area contributed by atoms with Crippen molar-refractivity contribution in [3.05, 3.63) is 21.4 Å². The third kappa shape index (κ3) is 2.03. The molecule has 0 aliphatic rings. The maximum atomic E-state index is 6.07. The summed E-state index contributed by atoms with van der Waals surface area (Å²) >= 11 is 7.58. The fourth-order valence-corrected chi connectivity index (χ4v) is 2.19. The van der Waals surface area contributed by atoms with E-state index in [0.29, 0.717) is 6.54 Å². The Kier molecular flexibility index (Phi) is 3.11. The summed E-state index contributed by atoms with van der Waals surface area (Å²) in [7, 11) is 1.82. The van der Waals surface area contributed by atoms with Crippen molar-refractivity contribution in [2.75, 3.05) is 12.4 Å². The van der Waals surface area contributed by atoms with Gasteiger partial charge < -0.3 is 5.32 Å². The van der Waals surface area contributed by atoms with Crippen LogP contribution in [0.3, 0.4) is 0 Å². The molecule has 2 rings (SSSR count). The van der Waals surface area contributed by atoms with Crippen LogP contribution in [0.15, 0.2) is 0 Å². The molecule has 0 radical (unpaired) electrons. The Labute approximate surface area is 102 Å². The standard InChI is InChI=1S/C9H12ClN5S/c1-5-8(10)6(2)15(14-5)4-7-12-13-9(11-3)16-7/h4H2,1-3H3,(H,11,13). The summed E-state index contributed by atoms with van der Waals surface area (Å²) in [5.41, 5.74) is 1.80. The Morgan fingerprint density at radius 2 is 2.12 bits per heavy atom. The second kappa shape index (κ2) is 4.39. The molecule has 16 heavy (non-hydrogen) atoms. The molecule has 0 unspecified atom stereocenters. The van der Waals surface area contributed by atoms with Crippen molar-refractivity contribution in [3.8, 4) is 0 Å². The number of halogens is 1. The number of aromatic nitrogens is 4. The van der Waals surface area contributed by atoms with E-state index in [1.807, 2.05) is 25.6 Å². The van der Waals surface area contributed by atoms with Gasteiger partial charge in [-0.05, 0) is 13.8 Å². The maximum absolute atomic E-state index is 6.07. The first kappa shape index (κ1) is 11.3. The van der Waals surface area contributed by atoms with Crippen LogP contribution in [-0.2, 0) is 6.54 Å². The van der Waals surface area contributed by atoms with Crippen LogP contribution in [0.25, 0.3) is 0 Å². The summed E-state index contributed by atoms with van der Waals surface area (Å²) in [5, 5.41) is 17.8. The number of aryl methyl sites for hydroxylation is 1. The number of rotatable bonds is 3. The minimum absolute atomic E-state index is 0.610. The average molecular weight is 258 g/mol. The zero-order chi connectivity index (χ0) is 11.7. The van der Waals surface area contributed by atoms with E-state index in [1.54, 1.807) is 0 Å². The van der Waals surface area contributed by atoms with Gasteiger partial charge in [0.1, 0.15) is 5.01 Å². The number of nitrogens with one attached hydrogen (secondary N) is 1. The van der Waals surface area contributed by atoms with Crippen molar-refractivity contribution < 1.29 is 0 Å². The molecule has 0 saturated carbocycles. The molecule has 0 atom stereocenters. The van der Waals surface area contributed by atoms with Crippen LogP contribution in [0.5, 0.6) is 0 Å². The molecule has 5 nitrogen and oxygen atoms in total. The first-order chi connectivity index (χ1) is 7.61. The lowest BCUT2D eigenvalue weighted by atomic mass is 10.4. The summed E-state index contributed by atoms with van der Waals surface area (Å²) < 4.78 is 1.84. The van der Waals surface area contributed by atoms with Gasteiger partial charge in [0.05, 0.1) is 23.0 Å². The molecule has 0 aliphatic heterocycles. The molecular formula is C9H12ClN5S. The van der Waals surface area contributed by atoms with E-state index < -0.39 is 0 Å². The number of anilines is 1. The lowest BCUT2D eigenvalue weighted by Crippen LogP contribution is -2.03. The minimum atomic E-state index is 0.610. The second-order valence-electron chi connectivity index (χ2n) is 3.39. The molecule has 86 valence electrons. The van der Waals surface area contributed by atoms with Gasteiger partial charge in [-0.25, -0.2) is 0 Å². The third-order valence-corrected chi connectivity index (χ3v) is 3.73. The lowest BCUT2D eigenvalue weighted by Gasteiger charge is -1.99. The summed E-state index contributed by atoms with van der Waals surface area (Å²) in [6.45, 7) is 4.45. The quantitative estimate of drug-likeness (QED) is 0.915. The molecule has 0 saturated heterocycles. The molecule has 0 bridgehead atoms. The average Bonchev–Trinajstić information content (AvgIpc) is 2.81. The summed E-state index contributed by atoms with van der Waals surface area (Å²) in [4.78, 5) is 0. The molecular weight excluding hydrogens is 246 g/mol. The van der Waals surface area contributed by atoms with E-state index in [-0.39, 0.29) is 0 Å². The molecule has 0 spiro atoms. The van der Waals surface area contributed by atoms with E-state index in [4.69, 9.17) is 11.6 Å². The highest BCUT2D eigenvalue weighted by Crippen LogP contribution is 2.21. The largest absolute Gasteiger partial charge is 0.363 e. The summed E-state index contributed by atoms with van der Waals surface area (Å²) in [6.07, 6.45) is 0. The van der Waals surface area contributed by atoms with Gasteiger partial charge in [0.25, 0.3) is 0 Å². The molecule has 1 N–H and O–H groups in total. The molecule has 2 heterocycles. The van der Waals surface area contributed by atoms with Crippen molar-refractivity contribution >= 4 is 28.1 Å². The van der Waals surface area contributed by atoms with Gasteiger partial charge in [0, 0.05) is 7.05 Å². The van der Waals surface area contributed by atoms with Crippen LogP contribution in [0.1, 0.15) is 16.4 Å². The number of hydrogen-bond acceptors (Lipinski definition) is 5. The zero-order valence-corrected chi connectivity index (χ0v) is 10.9. The Morgan fingerprint density at radius 1 is 1.38 bits per heavy atom. The van der Waals surface area contributed by atoms with E-state index in [0.717, 1.165) is 26.5 Å². The van der Waals surface area contributed by atoms with Crippen molar-refractivity contribution in [2.24, 2.45) is 0 Å². The fourth-order valence-electron chi connectivity index (χ4n) is 1.38. The van der Waals surface area contributed by atoms with E-state index in [9.17, 15) is 0 Å². The van der Waals surface area contributed by atoms with Crippen molar-refractivity contribution in [1.82, 2.24) is 20.0 Å². The van der Waals surface area contributed by atoms with Gasteiger partial charge in [0.2, 0.25) is 5.13 Å². The topological polar surface area (TPSA) is 55.6 Å². The Bertz CT molecular complexity index is 504. The van der Waals surface area contributed by atoms with E-state index >= 15 is 0 Å². The highest BCUT2D eigenvalue weighted by molar-refractivity contribution is 7.15. The molecule has 0 aromatic carbocycles. The highest BCUT2D eigenvalue weighted by Gasteiger charge is 2.11. The zero-order valence-electron chi connectivity index (χ0n) is 9.28. The summed E-state index contributed by atoms with van der Waals surface area (Å²) in [5.74, 6) is 0. The van der Waals surface area contributed by atoms with E-state index in [2.05, 4.69) is 20.6 Å². The molecule has 7 heteroatoms. The van der Waals surface area contributed by atoms with Gasteiger partial charge >= 0.3 is 0 Å². The molecule has 2 aromatic heterocycles. The monoisotopic (exact) mass is 257 g/mol. The fraction of sp³-hybridized carbons (Fsp3) is 0.444. The van der Waals surface area contributed by atoms with Crippen LogP contribution in [0.4, 0.5) is 5.13 Å². The van der Waals surface area contributed by atoms with Crippen molar-refractivity contribution in [3.63, 3.8) is 0 Å². The molecule has 2 aromatic rings. The SMILES string of the molecule is CNc1nnc(Cn2nc(C)c(Cl)c2C)s1. The van der Waals surface area contributed by atoms with E-state index in [1.165, 1.54) is 11.3 Å². The maximum Gasteiger partial charge on any atom is 0.205 e. The molecule has 0 fully saturated rings. The third-order valence-electron chi connectivity index (χ3n) is 2.26. The van der Waals surface area contributed by atoms with Gasteiger partial charge in [-0.1, -0.05) is 22.9 Å². The van der Waals surface area contributed by atoms with Crippen molar-refractivity contribution in [1.29, 1.82) is 0 Å². The first-order valence-electron chi connectivity index (χ1n) is 4.81. The van der Waals surface area contributed by atoms with Crippen LogP contribution in [-0.4, -0.2) is 27.0 Å². The van der Waals surface area contributed by atoms with Crippen molar-refractivity contribution in [2.45, 2.75) is 20.4 Å². The van der Waals surface area contributed by atoms with Gasteiger partial charge in [-0.15, -0.1) is 10.2 Å². The van der Waals surface area contributed by atoms with Crippen LogP contribution < -0.4 is 5.32 Å². The predicted octanol–water partition coefficient (Wildman–Crippen LogP) is 2.09. The second-order valence-corrected chi connectivity index (χ2v) is 4.83. The molecule has 0 aliphatic carbocycles. The Hall–Kier alpha value is -1.14. The Balaban J connectivity index is 2.23. The predicted molar refractivity (Wildman–Crippen MR) is 65.3 cm³/mol. The normalized spacial score (nSPS) is 10.8. The summed E-state index contributed by atoms with van der Waals surface area (Å²) in [6, 6.07) is 0. The smallest absolute Gasteiger partial charge is 0.205 e. The highest BCUT2D eigenvalue weighted by atomic mass is 35.5. The van der Waals surface area contributed by atoms with Gasteiger partial charge in [0.15, 0.2) is 0 Å². The number of hydrogen-bond donors (Lipinski definition) is 1. The number of nitrogens with zero attached hydrogens (tertiary/aromatic N) is 4. The van der Waals surface area contributed by atoms with Crippen LogP contribution >= 0.6 is 22.9 Å². The first-order valence-corrected chi connectivity index (χ1v) is 6.01. The minimum Gasteiger partial charge on any atom is -0.363 e. The van der Waals surface area contributed by atoms with Gasteiger partial charge in [-0.2, -0.15) is 5.10 Å². The van der Waals surface area contributed by atoms with Crippen LogP contribution in [0, 0.1) is 13.8 Å².